The van der Waals surface area contributed by atoms with Gasteiger partial charge in [0.2, 0.25) is 11.7 Å². The molecule has 6 nitrogen and oxygen atoms in total. The van der Waals surface area contributed by atoms with Crippen LogP contribution < -0.4 is 10.1 Å². The first-order valence-electron chi connectivity index (χ1n) is 6.63. The second kappa shape index (κ2) is 6.02. The zero-order chi connectivity index (χ0) is 13.8. The van der Waals surface area contributed by atoms with Gasteiger partial charge in [-0.1, -0.05) is 5.16 Å². The van der Waals surface area contributed by atoms with E-state index in [2.05, 4.69) is 15.5 Å². The quantitative estimate of drug-likeness (QED) is 0.906. The van der Waals surface area contributed by atoms with Crippen LogP contribution in [-0.2, 0) is 11.2 Å². The third kappa shape index (κ3) is 2.97. The molecule has 3 rings (SSSR count). The first kappa shape index (κ1) is 13.1. The Bertz CT molecular complexity index is 547. The molecule has 0 amide bonds. The molecule has 0 bridgehead atoms. The lowest BCUT2D eigenvalue weighted by molar-refractivity contribution is 0.0744. The summed E-state index contributed by atoms with van der Waals surface area (Å²) in [4.78, 5) is 4.42. The predicted molar refractivity (Wildman–Crippen MR) is 72.6 cm³/mol. The zero-order valence-corrected chi connectivity index (χ0v) is 11.3. The van der Waals surface area contributed by atoms with E-state index in [0.29, 0.717) is 24.7 Å². The van der Waals surface area contributed by atoms with Gasteiger partial charge in [0.1, 0.15) is 5.75 Å². The molecule has 1 aliphatic rings. The summed E-state index contributed by atoms with van der Waals surface area (Å²) in [6, 6.07) is 7.82. The second-order valence-electron chi connectivity index (χ2n) is 4.67. The van der Waals surface area contributed by atoms with Crippen LogP contribution in [0.3, 0.4) is 0 Å². The monoisotopic (exact) mass is 275 g/mol. The summed E-state index contributed by atoms with van der Waals surface area (Å²) < 4.78 is 15.8. The molecule has 0 saturated carbocycles. The lowest BCUT2D eigenvalue weighted by atomic mass is 10.2. The molecule has 1 fully saturated rings. The van der Waals surface area contributed by atoms with Crippen LogP contribution in [-0.4, -0.2) is 43.1 Å². The maximum Gasteiger partial charge on any atom is 0.228 e. The average Bonchev–Trinajstić information content (AvgIpc) is 2.97. The fourth-order valence-electron chi connectivity index (χ4n) is 2.16. The van der Waals surface area contributed by atoms with Gasteiger partial charge in [-0.15, -0.1) is 0 Å². The number of ether oxygens (including phenoxy) is 2. The molecule has 0 radical (unpaired) electrons. The van der Waals surface area contributed by atoms with Crippen molar-refractivity contribution >= 4 is 0 Å². The molecule has 2 heterocycles. The smallest absolute Gasteiger partial charge is 0.228 e. The number of methoxy groups -OCH3 is 1. The molecule has 106 valence electrons. The molecular weight excluding hydrogens is 258 g/mol. The number of benzene rings is 1. The number of hydrogen-bond acceptors (Lipinski definition) is 6. The van der Waals surface area contributed by atoms with Gasteiger partial charge in [-0.25, -0.2) is 0 Å². The van der Waals surface area contributed by atoms with Crippen molar-refractivity contribution in [2.75, 3.05) is 26.9 Å². The minimum absolute atomic E-state index is 0.243. The van der Waals surface area contributed by atoms with Crippen LogP contribution in [0.5, 0.6) is 5.75 Å². The van der Waals surface area contributed by atoms with Crippen LogP contribution in [0, 0.1) is 0 Å². The molecule has 20 heavy (non-hydrogen) atoms. The van der Waals surface area contributed by atoms with Gasteiger partial charge < -0.3 is 19.3 Å². The molecule has 0 aliphatic carbocycles. The number of hydrogen-bond donors (Lipinski definition) is 1. The van der Waals surface area contributed by atoms with Crippen LogP contribution in [0.1, 0.15) is 5.89 Å². The molecule has 1 atom stereocenters. The largest absolute Gasteiger partial charge is 0.497 e. The Morgan fingerprint density at radius 2 is 2.20 bits per heavy atom. The number of morpholine rings is 1. The summed E-state index contributed by atoms with van der Waals surface area (Å²) >= 11 is 0. The van der Waals surface area contributed by atoms with Crippen molar-refractivity contribution in [1.82, 2.24) is 15.5 Å². The average molecular weight is 275 g/mol. The van der Waals surface area contributed by atoms with Crippen molar-refractivity contribution in [3.63, 3.8) is 0 Å². The first-order valence-corrected chi connectivity index (χ1v) is 6.63. The summed E-state index contributed by atoms with van der Waals surface area (Å²) in [5.74, 6) is 2.03. The molecule has 1 unspecified atom stereocenters. The Labute approximate surface area is 117 Å². The van der Waals surface area contributed by atoms with Crippen LogP contribution >= 0.6 is 0 Å². The Hall–Kier alpha value is -1.92. The number of nitrogens with one attached hydrogen (secondary N) is 1. The van der Waals surface area contributed by atoms with Gasteiger partial charge in [-0.05, 0) is 24.3 Å². The van der Waals surface area contributed by atoms with Crippen molar-refractivity contribution < 1.29 is 14.0 Å². The van der Waals surface area contributed by atoms with Gasteiger partial charge >= 0.3 is 0 Å². The molecule has 1 saturated heterocycles. The van der Waals surface area contributed by atoms with E-state index >= 15 is 0 Å². The molecule has 2 aromatic rings. The van der Waals surface area contributed by atoms with Crippen molar-refractivity contribution in [3.8, 4) is 17.1 Å². The standard InChI is InChI=1S/C14H17N3O3/c1-18-12-4-2-10(3-5-12)14-16-13(20-17-14)8-11-9-19-7-6-15-11/h2-5,11,15H,6-9H2,1H3. The Morgan fingerprint density at radius 3 is 2.90 bits per heavy atom. The van der Waals surface area contributed by atoms with Crippen molar-refractivity contribution in [1.29, 1.82) is 0 Å². The summed E-state index contributed by atoms with van der Waals surface area (Å²) in [5, 5.41) is 7.37. The van der Waals surface area contributed by atoms with Crippen molar-refractivity contribution in [2.24, 2.45) is 0 Å². The van der Waals surface area contributed by atoms with E-state index in [-0.39, 0.29) is 6.04 Å². The Balaban J connectivity index is 1.68. The van der Waals surface area contributed by atoms with E-state index in [4.69, 9.17) is 14.0 Å². The fraction of sp³-hybridized carbons (Fsp3) is 0.429. The van der Waals surface area contributed by atoms with Gasteiger partial charge in [0, 0.05) is 24.6 Å². The summed E-state index contributed by atoms with van der Waals surface area (Å²) in [6.45, 7) is 2.31. The first-order chi connectivity index (χ1) is 9.85. The molecule has 0 spiro atoms. The highest BCUT2D eigenvalue weighted by Crippen LogP contribution is 2.20. The van der Waals surface area contributed by atoms with Gasteiger partial charge in [0.25, 0.3) is 0 Å². The predicted octanol–water partition coefficient (Wildman–Crippen LogP) is 1.28. The summed E-state index contributed by atoms with van der Waals surface area (Å²) in [6.07, 6.45) is 0.684. The number of rotatable bonds is 4. The summed E-state index contributed by atoms with van der Waals surface area (Å²) in [5.41, 5.74) is 0.911. The van der Waals surface area contributed by atoms with Crippen LogP contribution in [0.4, 0.5) is 0 Å². The minimum atomic E-state index is 0.243. The summed E-state index contributed by atoms with van der Waals surface area (Å²) in [7, 11) is 1.64. The number of aromatic nitrogens is 2. The molecule has 1 N–H and O–H groups in total. The normalized spacial score (nSPS) is 18.9. The highest BCUT2D eigenvalue weighted by Gasteiger charge is 2.17. The highest BCUT2D eigenvalue weighted by molar-refractivity contribution is 5.55. The molecule has 1 aliphatic heterocycles. The molecule has 1 aromatic carbocycles. The maximum atomic E-state index is 5.41. The van der Waals surface area contributed by atoms with Gasteiger partial charge in [0.05, 0.1) is 20.3 Å². The third-order valence-corrected chi connectivity index (χ3v) is 3.24. The molecule has 6 heteroatoms. The van der Waals surface area contributed by atoms with E-state index in [9.17, 15) is 0 Å². The van der Waals surface area contributed by atoms with Gasteiger partial charge in [-0.2, -0.15) is 4.98 Å². The number of nitrogens with zero attached hydrogens (tertiary/aromatic N) is 2. The van der Waals surface area contributed by atoms with Gasteiger partial charge in [0.15, 0.2) is 0 Å². The van der Waals surface area contributed by atoms with Gasteiger partial charge in [-0.3, -0.25) is 0 Å². The van der Waals surface area contributed by atoms with Crippen LogP contribution in [0.15, 0.2) is 28.8 Å². The highest BCUT2D eigenvalue weighted by atomic mass is 16.5. The minimum Gasteiger partial charge on any atom is -0.497 e. The molecule has 1 aromatic heterocycles. The maximum absolute atomic E-state index is 5.41. The van der Waals surface area contributed by atoms with E-state index < -0.39 is 0 Å². The third-order valence-electron chi connectivity index (χ3n) is 3.24. The lowest BCUT2D eigenvalue weighted by Gasteiger charge is -2.22. The zero-order valence-electron chi connectivity index (χ0n) is 11.3. The van der Waals surface area contributed by atoms with E-state index in [1.807, 2.05) is 24.3 Å². The van der Waals surface area contributed by atoms with Crippen molar-refractivity contribution in [3.05, 3.63) is 30.2 Å². The Kier molecular flexibility index (Phi) is 3.94. The van der Waals surface area contributed by atoms with E-state index in [1.165, 1.54) is 0 Å². The lowest BCUT2D eigenvalue weighted by Crippen LogP contribution is -2.42. The van der Waals surface area contributed by atoms with Crippen molar-refractivity contribution in [2.45, 2.75) is 12.5 Å². The van der Waals surface area contributed by atoms with E-state index in [1.54, 1.807) is 7.11 Å². The molecular formula is C14H17N3O3. The SMILES string of the molecule is COc1ccc(-c2noc(CC3COCCN3)n2)cc1. The topological polar surface area (TPSA) is 69.4 Å². The van der Waals surface area contributed by atoms with Crippen LogP contribution in [0.25, 0.3) is 11.4 Å². The van der Waals surface area contributed by atoms with E-state index in [0.717, 1.165) is 24.5 Å². The second-order valence-corrected chi connectivity index (χ2v) is 4.67. The fourth-order valence-corrected chi connectivity index (χ4v) is 2.16. The van der Waals surface area contributed by atoms with Crippen LogP contribution in [0.2, 0.25) is 0 Å². The Morgan fingerprint density at radius 1 is 1.35 bits per heavy atom.